The van der Waals surface area contributed by atoms with Crippen molar-refractivity contribution in [2.24, 2.45) is 0 Å². The lowest BCUT2D eigenvalue weighted by Crippen LogP contribution is -2.16. The van der Waals surface area contributed by atoms with E-state index < -0.39 is 17.5 Å². The third-order valence-corrected chi connectivity index (χ3v) is 3.75. The molecule has 1 heterocycles. The van der Waals surface area contributed by atoms with Crippen molar-refractivity contribution in [3.63, 3.8) is 0 Å². The predicted octanol–water partition coefficient (Wildman–Crippen LogP) is 4.75. The van der Waals surface area contributed by atoms with E-state index in [0.29, 0.717) is 11.8 Å². The van der Waals surface area contributed by atoms with E-state index in [4.69, 9.17) is 4.74 Å². The Morgan fingerprint density at radius 3 is 2.58 bits per heavy atom. The zero-order chi connectivity index (χ0) is 18.5. The molecule has 1 aromatic heterocycles. The van der Waals surface area contributed by atoms with Crippen LogP contribution in [0.2, 0.25) is 0 Å². The number of anilines is 1. The number of carbonyl (C=O) groups excluding carboxylic acids is 1. The summed E-state index contributed by atoms with van der Waals surface area (Å²) in [7, 11) is 0. The molecule has 0 spiro atoms. The molecule has 0 saturated carbocycles. The second-order valence-electron chi connectivity index (χ2n) is 5.60. The largest absolute Gasteiger partial charge is 0.482 e. The summed E-state index contributed by atoms with van der Waals surface area (Å²) in [4.78, 5) is 16.4. The summed E-state index contributed by atoms with van der Waals surface area (Å²) in [6, 6.07) is 15.6. The lowest BCUT2D eigenvalue weighted by molar-refractivity contribution is 0.102. The Morgan fingerprint density at radius 2 is 1.85 bits per heavy atom. The van der Waals surface area contributed by atoms with Gasteiger partial charge in [0, 0.05) is 12.3 Å². The number of benzene rings is 2. The number of hydrogen-bond acceptors (Lipinski definition) is 3. The highest BCUT2D eigenvalue weighted by molar-refractivity contribution is 6.04. The number of halogens is 2. The van der Waals surface area contributed by atoms with E-state index in [9.17, 15) is 13.6 Å². The van der Waals surface area contributed by atoms with Crippen molar-refractivity contribution < 1.29 is 18.3 Å². The van der Waals surface area contributed by atoms with Crippen LogP contribution in [-0.2, 0) is 0 Å². The first kappa shape index (κ1) is 17.5. The Balaban J connectivity index is 1.80. The van der Waals surface area contributed by atoms with Gasteiger partial charge in [-0.1, -0.05) is 30.3 Å². The molecule has 0 aliphatic carbocycles. The van der Waals surface area contributed by atoms with Gasteiger partial charge in [-0.25, -0.2) is 13.8 Å². The first-order chi connectivity index (χ1) is 12.5. The minimum atomic E-state index is -0.946. The van der Waals surface area contributed by atoms with Crippen molar-refractivity contribution in [2.75, 3.05) is 5.32 Å². The number of pyridine rings is 1. The summed E-state index contributed by atoms with van der Waals surface area (Å²) >= 11 is 0. The minimum Gasteiger partial charge on any atom is -0.482 e. The standard InChI is InChI=1S/C20H16F2N2O2/c1-13(14-6-3-2-4-7-14)26-18-8-5-11-23-19(18)24-20(25)16-10-9-15(21)12-17(16)22/h2-13H,1H3,(H,23,24,25)/t13-/m0/s1. The first-order valence-corrected chi connectivity index (χ1v) is 7.97. The van der Waals surface area contributed by atoms with E-state index in [-0.39, 0.29) is 17.5 Å². The maximum absolute atomic E-state index is 13.8. The number of amides is 1. The van der Waals surface area contributed by atoms with Crippen LogP contribution in [-0.4, -0.2) is 10.9 Å². The second-order valence-corrected chi connectivity index (χ2v) is 5.60. The molecule has 0 radical (unpaired) electrons. The van der Waals surface area contributed by atoms with Crippen LogP contribution in [0.5, 0.6) is 5.75 Å². The van der Waals surface area contributed by atoms with Crippen molar-refractivity contribution in [1.82, 2.24) is 4.98 Å². The molecule has 0 fully saturated rings. The minimum absolute atomic E-state index is 0.156. The molecule has 0 aliphatic heterocycles. The van der Waals surface area contributed by atoms with Crippen LogP contribution in [0.1, 0.15) is 28.9 Å². The molecule has 0 saturated heterocycles. The van der Waals surface area contributed by atoms with Crippen LogP contribution in [0.25, 0.3) is 0 Å². The molecule has 3 rings (SSSR count). The summed E-state index contributed by atoms with van der Waals surface area (Å²) in [6.45, 7) is 1.87. The summed E-state index contributed by atoms with van der Waals surface area (Å²) in [6.07, 6.45) is 1.20. The maximum Gasteiger partial charge on any atom is 0.259 e. The molecular formula is C20H16F2N2O2. The number of ether oxygens (including phenoxy) is 1. The van der Waals surface area contributed by atoms with Gasteiger partial charge in [0.15, 0.2) is 11.6 Å². The SMILES string of the molecule is C[C@H](Oc1cccnc1NC(=O)c1ccc(F)cc1F)c1ccccc1. The topological polar surface area (TPSA) is 51.2 Å². The maximum atomic E-state index is 13.8. The fraction of sp³-hybridized carbons (Fsp3) is 0.100. The summed E-state index contributed by atoms with van der Waals surface area (Å²) < 4.78 is 32.7. The Labute approximate surface area is 149 Å². The van der Waals surface area contributed by atoms with Crippen LogP contribution in [0.3, 0.4) is 0 Å². The fourth-order valence-corrected chi connectivity index (χ4v) is 2.41. The van der Waals surface area contributed by atoms with E-state index in [2.05, 4.69) is 10.3 Å². The molecule has 0 aliphatic rings. The van der Waals surface area contributed by atoms with E-state index in [0.717, 1.165) is 17.7 Å². The van der Waals surface area contributed by atoms with E-state index in [1.54, 1.807) is 12.1 Å². The lowest BCUT2D eigenvalue weighted by Gasteiger charge is -2.17. The van der Waals surface area contributed by atoms with E-state index in [1.165, 1.54) is 6.20 Å². The van der Waals surface area contributed by atoms with Crippen LogP contribution in [0.4, 0.5) is 14.6 Å². The van der Waals surface area contributed by atoms with Gasteiger partial charge in [-0.2, -0.15) is 0 Å². The van der Waals surface area contributed by atoms with Gasteiger partial charge in [0.25, 0.3) is 5.91 Å². The number of nitrogens with zero attached hydrogens (tertiary/aromatic N) is 1. The number of carbonyl (C=O) groups is 1. The van der Waals surface area contributed by atoms with Crippen LogP contribution in [0.15, 0.2) is 66.9 Å². The van der Waals surface area contributed by atoms with Crippen LogP contribution < -0.4 is 10.1 Å². The van der Waals surface area contributed by atoms with E-state index in [1.807, 2.05) is 37.3 Å². The van der Waals surface area contributed by atoms with Crippen molar-refractivity contribution in [3.05, 3.63) is 89.6 Å². The molecule has 4 nitrogen and oxygen atoms in total. The molecule has 1 atom stereocenters. The quantitative estimate of drug-likeness (QED) is 0.719. The first-order valence-electron chi connectivity index (χ1n) is 7.97. The average Bonchev–Trinajstić information content (AvgIpc) is 2.64. The van der Waals surface area contributed by atoms with Crippen molar-refractivity contribution in [3.8, 4) is 5.75 Å². The van der Waals surface area contributed by atoms with Gasteiger partial charge in [-0.3, -0.25) is 4.79 Å². The van der Waals surface area contributed by atoms with Crippen molar-refractivity contribution in [1.29, 1.82) is 0 Å². The number of nitrogens with one attached hydrogen (secondary N) is 1. The second kappa shape index (κ2) is 7.74. The van der Waals surface area contributed by atoms with E-state index >= 15 is 0 Å². The van der Waals surface area contributed by atoms with Gasteiger partial charge >= 0.3 is 0 Å². The Kier molecular flexibility index (Phi) is 5.22. The van der Waals surface area contributed by atoms with Gasteiger partial charge in [-0.15, -0.1) is 0 Å². The average molecular weight is 354 g/mol. The highest BCUT2D eigenvalue weighted by atomic mass is 19.1. The third-order valence-electron chi connectivity index (χ3n) is 3.75. The highest BCUT2D eigenvalue weighted by Gasteiger charge is 2.17. The van der Waals surface area contributed by atoms with Crippen LogP contribution in [0, 0.1) is 11.6 Å². The number of rotatable bonds is 5. The lowest BCUT2D eigenvalue weighted by atomic mass is 10.1. The number of aromatic nitrogens is 1. The van der Waals surface area contributed by atoms with Gasteiger partial charge in [0.05, 0.1) is 5.56 Å². The molecular weight excluding hydrogens is 338 g/mol. The van der Waals surface area contributed by atoms with Gasteiger partial charge in [0.1, 0.15) is 17.7 Å². The summed E-state index contributed by atoms with van der Waals surface area (Å²) in [5, 5.41) is 2.51. The molecule has 2 aromatic carbocycles. The predicted molar refractivity (Wildman–Crippen MR) is 94.0 cm³/mol. The molecule has 0 bridgehead atoms. The highest BCUT2D eigenvalue weighted by Crippen LogP contribution is 2.27. The molecule has 1 amide bonds. The van der Waals surface area contributed by atoms with Crippen molar-refractivity contribution in [2.45, 2.75) is 13.0 Å². The Bertz CT molecular complexity index is 917. The molecule has 6 heteroatoms. The molecule has 132 valence electrons. The zero-order valence-corrected chi connectivity index (χ0v) is 13.9. The molecule has 1 N–H and O–H groups in total. The smallest absolute Gasteiger partial charge is 0.259 e. The van der Waals surface area contributed by atoms with Crippen molar-refractivity contribution >= 4 is 11.7 Å². The summed E-state index contributed by atoms with van der Waals surface area (Å²) in [5.74, 6) is -1.93. The Morgan fingerprint density at radius 1 is 1.08 bits per heavy atom. The van der Waals surface area contributed by atoms with Gasteiger partial charge in [0.2, 0.25) is 0 Å². The fourth-order valence-electron chi connectivity index (χ4n) is 2.41. The van der Waals surface area contributed by atoms with Gasteiger partial charge < -0.3 is 10.1 Å². The monoisotopic (exact) mass is 354 g/mol. The summed E-state index contributed by atoms with van der Waals surface area (Å²) in [5.41, 5.74) is 0.678. The molecule has 0 unspecified atom stereocenters. The molecule has 26 heavy (non-hydrogen) atoms. The van der Waals surface area contributed by atoms with Crippen LogP contribution >= 0.6 is 0 Å². The zero-order valence-electron chi connectivity index (χ0n) is 13.9. The number of hydrogen-bond donors (Lipinski definition) is 1. The third kappa shape index (κ3) is 4.03. The Hall–Kier alpha value is -3.28. The normalized spacial score (nSPS) is 11.7. The van der Waals surface area contributed by atoms with Gasteiger partial charge in [-0.05, 0) is 36.8 Å². The molecule has 3 aromatic rings.